The maximum absolute atomic E-state index is 9.15. The Hall–Kier alpha value is -2.02. The number of aromatic hydroxyl groups is 3. The van der Waals surface area contributed by atoms with Crippen LogP contribution in [0.4, 0.5) is 0 Å². The summed E-state index contributed by atoms with van der Waals surface area (Å²) in [7, 11) is 0. The highest BCUT2D eigenvalue weighted by Crippen LogP contribution is 2.34. The van der Waals surface area contributed by atoms with E-state index >= 15 is 0 Å². The van der Waals surface area contributed by atoms with E-state index in [2.05, 4.69) is 22.7 Å². The molecule has 0 bridgehead atoms. The quantitative estimate of drug-likeness (QED) is 0.210. The zero-order valence-corrected chi connectivity index (χ0v) is 8.32. The maximum atomic E-state index is 9.15. The SMILES string of the molecule is NC(=S)NN=Cc1cc(O)c(O)c(O)c1. The van der Waals surface area contributed by atoms with Crippen molar-refractivity contribution >= 4 is 23.5 Å². The molecule has 0 saturated carbocycles. The normalized spacial score (nSPS) is 10.4. The summed E-state index contributed by atoms with van der Waals surface area (Å²) in [6.45, 7) is 0. The second-order valence-corrected chi connectivity index (χ2v) is 3.08. The van der Waals surface area contributed by atoms with Crippen molar-refractivity contribution in [1.29, 1.82) is 0 Å². The predicted molar refractivity (Wildman–Crippen MR) is 59.0 cm³/mol. The van der Waals surface area contributed by atoms with Gasteiger partial charge in [-0.15, -0.1) is 0 Å². The van der Waals surface area contributed by atoms with Gasteiger partial charge in [0, 0.05) is 5.56 Å². The summed E-state index contributed by atoms with van der Waals surface area (Å²) in [6, 6.07) is 2.44. The standard InChI is InChI=1S/C8H9N3O3S/c9-8(15)11-10-3-4-1-5(12)7(14)6(13)2-4/h1-3,12-14H,(H3,9,11,15). The number of phenolic OH excluding ortho intramolecular Hbond substituents is 3. The van der Waals surface area contributed by atoms with Crippen molar-refractivity contribution in [2.75, 3.05) is 0 Å². The highest BCUT2D eigenvalue weighted by molar-refractivity contribution is 7.80. The van der Waals surface area contributed by atoms with Gasteiger partial charge in [0.2, 0.25) is 0 Å². The predicted octanol–water partition coefficient (Wildman–Crippen LogP) is -0.0295. The van der Waals surface area contributed by atoms with E-state index in [0.717, 1.165) is 0 Å². The molecule has 6 nitrogen and oxygen atoms in total. The Kier molecular flexibility index (Phi) is 3.29. The monoisotopic (exact) mass is 227 g/mol. The van der Waals surface area contributed by atoms with Gasteiger partial charge in [-0.1, -0.05) is 0 Å². The summed E-state index contributed by atoms with van der Waals surface area (Å²) in [4.78, 5) is 0. The Labute approximate surface area is 90.7 Å². The third-order valence-corrected chi connectivity index (χ3v) is 1.57. The van der Waals surface area contributed by atoms with Crippen molar-refractivity contribution in [3.8, 4) is 17.2 Å². The van der Waals surface area contributed by atoms with Gasteiger partial charge in [-0.05, 0) is 24.4 Å². The first kappa shape index (κ1) is 11.1. The molecule has 0 fully saturated rings. The van der Waals surface area contributed by atoms with E-state index in [1.807, 2.05) is 0 Å². The van der Waals surface area contributed by atoms with Crippen LogP contribution >= 0.6 is 12.2 Å². The molecule has 1 aromatic rings. The molecule has 0 aliphatic carbocycles. The summed E-state index contributed by atoms with van der Waals surface area (Å²) in [5.41, 5.74) is 7.79. The van der Waals surface area contributed by atoms with Crippen LogP contribution in [0, 0.1) is 0 Å². The van der Waals surface area contributed by atoms with Gasteiger partial charge in [0.05, 0.1) is 6.21 Å². The fraction of sp³-hybridized carbons (Fsp3) is 0. The zero-order chi connectivity index (χ0) is 11.4. The first-order valence-corrected chi connectivity index (χ1v) is 4.25. The molecule has 7 heteroatoms. The van der Waals surface area contributed by atoms with Crippen LogP contribution in [-0.4, -0.2) is 26.6 Å². The largest absolute Gasteiger partial charge is 0.504 e. The molecule has 0 radical (unpaired) electrons. The van der Waals surface area contributed by atoms with Gasteiger partial charge in [-0.2, -0.15) is 5.10 Å². The number of benzene rings is 1. The molecule has 0 heterocycles. The van der Waals surface area contributed by atoms with Gasteiger partial charge in [0.15, 0.2) is 22.4 Å². The van der Waals surface area contributed by atoms with E-state index in [4.69, 9.17) is 21.1 Å². The topological polar surface area (TPSA) is 111 Å². The number of hydrogen-bond donors (Lipinski definition) is 5. The van der Waals surface area contributed by atoms with Gasteiger partial charge in [0.1, 0.15) is 0 Å². The third kappa shape index (κ3) is 2.99. The van der Waals surface area contributed by atoms with Crippen molar-refractivity contribution in [2.24, 2.45) is 10.8 Å². The molecule has 0 aliphatic rings. The Morgan fingerprint density at radius 1 is 1.33 bits per heavy atom. The van der Waals surface area contributed by atoms with E-state index in [0.29, 0.717) is 5.56 Å². The smallest absolute Gasteiger partial charge is 0.200 e. The fourth-order valence-electron chi connectivity index (χ4n) is 0.870. The molecule has 0 aromatic heterocycles. The lowest BCUT2D eigenvalue weighted by Crippen LogP contribution is -2.23. The van der Waals surface area contributed by atoms with Crippen LogP contribution < -0.4 is 11.2 Å². The summed E-state index contributed by atoms with van der Waals surface area (Å²) < 4.78 is 0. The molecule has 0 amide bonds. The van der Waals surface area contributed by atoms with E-state index < -0.39 is 17.2 Å². The molecule has 15 heavy (non-hydrogen) atoms. The number of nitrogens with two attached hydrogens (primary N) is 1. The molecule has 80 valence electrons. The molecular weight excluding hydrogens is 218 g/mol. The number of hydrazone groups is 1. The molecule has 0 spiro atoms. The van der Waals surface area contributed by atoms with Crippen LogP contribution in [0.25, 0.3) is 0 Å². The molecular formula is C8H9N3O3S. The van der Waals surface area contributed by atoms with Crippen molar-refractivity contribution in [2.45, 2.75) is 0 Å². The highest BCUT2D eigenvalue weighted by atomic mass is 32.1. The molecule has 0 saturated heterocycles. The van der Waals surface area contributed by atoms with E-state index in [1.165, 1.54) is 18.3 Å². The Bertz CT molecular complexity index is 397. The second-order valence-electron chi connectivity index (χ2n) is 2.64. The summed E-state index contributed by atoms with van der Waals surface area (Å²) >= 11 is 4.50. The van der Waals surface area contributed by atoms with E-state index in [-0.39, 0.29) is 5.11 Å². The third-order valence-electron chi connectivity index (χ3n) is 1.48. The summed E-state index contributed by atoms with van der Waals surface area (Å²) in [5, 5.41) is 30.9. The molecule has 1 aromatic carbocycles. The van der Waals surface area contributed by atoms with Crippen LogP contribution in [0.5, 0.6) is 17.2 Å². The van der Waals surface area contributed by atoms with Gasteiger partial charge >= 0.3 is 0 Å². The highest BCUT2D eigenvalue weighted by Gasteiger charge is 2.06. The second kappa shape index (κ2) is 4.47. The van der Waals surface area contributed by atoms with Crippen LogP contribution in [0.3, 0.4) is 0 Å². The lowest BCUT2D eigenvalue weighted by molar-refractivity contribution is 0.368. The van der Waals surface area contributed by atoms with Crippen LogP contribution in [0.1, 0.15) is 5.56 Å². The Morgan fingerprint density at radius 3 is 2.33 bits per heavy atom. The lowest BCUT2D eigenvalue weighted by atomic mass is 10.2. The average molecular weight is 227 g/mol. The molecule has 6 N–H and O–H groups in total. The number of nitrogens with zero attached hydrogens (tertiary/aromatic N) is 1. The number of rotatable bonds is 2. The van der Waals surface area contributed by atoms with Crippen molar-refractivity contribution in [3.05, 3.63) is 17.7 Å². The minimum atomic E-state index is -0.575. The molecule has 0 atom stereocenters. The van der Waals surface area contributed by atoms with Crippen LogP contribution in [0.2, 0.25) is 0 Å². The number of hydrogen-bond acceptors (Lipinski definition) is 5. The minimum absolute atomic E-state index is 0.00141. The van der Waals surface area contributed by atoms with Crippen molar-refractivity contribution in [1.82, 2.24) is 5.43 Å². The lowest BCUT2D eigenvalue weighted by Gasteiger charge is -2.01. The van der Waals surface area contributed by atoms with E-state index in [9.17, 15) is 0 Å². The summed E-state index contributed by atoms with van der Waals surface area (Å²) in [5.74, 6) is -1.45. The Balaban J connectivity index is 2.87. The van der Waals surface area contributed by atoms with Gasteiger partial charge in [0.25, 0.3) is 0 Å². The number of phenols is 3. The zero-order valence-electron chi connectivity index (χ0n) is 7.51. The maximum Gasteiger partial charge on any atom is 0.200 e. The van der Waals surface area contributed by atoms with Gasteiger partial charge in [-0.3, -0.25) is 5.43 Å². The average Bonchev–Trinajstić information content (AvgIpc) is 2.13. The van der Waals surface area contributed by atoms with Crippen molar-refractivity contribution < 1.29 is 15.3 Å². The number of thiocarbonyl (C=S) groups is 1. The number of nitrogens with one attached hydrogen (secondary N) is 1. The van der Waals surface area contributed by atoms with Crippen LogP contribution in [0.15, 0.2) is 17.2 Å². The molecule has 0 unspecified atom stereocenters. The van der Waals surface area contributed by atoms with Crippen molar-refractivity contribution in [3.63, 3.8) is 0 Å². The summed E-state index contributed by atoms with van der Waals surface area (Å²) in [6.07, 6.45) is 1.28. The van der Waals surface area contributed by atoms with E-state index in [1.54, 1.807) is 0 Å². The fourth-order valence-corrected chi connectivity index (χ4v) is 0.923. The van der Waals surface area contributed by atoms with Crippen LogP contribution in [-0.2, 0) is 0 Å². The van der Waals surface area contributed by atoms with Gasteiger partial charge in [-0.25, -0.2) is 0 Å². The molecule has 0 aliphatic heterocycles. The van der Waals surface area contributed by atoms with Gasteiger partial charge < -0.3 is 21.1 Å². The Morgan fingerprint density at radius 2 is 1.87 bits per heavy atom. The first-order valence-electron chi connectivity index (χ1n) is 3.84. The first-order chi connectivity index (χ1) is 7.00. The minimum Gasteiger partial charge on any atom is -0.504 e. The molecule has 1 rings (SSSR count).